The van der Waals surface area contributed by atoms with Crippen molar-refractivity contribution in [1.29, 1.82) is 0 Å². The average molecular weight is 300 g/mol. The molecule has 1 aliphatic rings. The SMILES string of the molecule is Cc1cc(O)c(N2CC(=O)NS2(=O)=O)c(F)c1.[KH]. The standard InChI is InChI=1S/C9H9FN2O4S.K.H/c1-5-2-6(10)9(7(13)3-5)12-4-8(14)11-17(12,15)16;;/h2-3,13H,4H2,1H3,(H,11,14);;. The van der Waals surface area contributed by atoms with E-state index in [4.69, 9.17) is 0 Å². The molecule has 1 aliphatic heterocycles. The summed E-state index contributed by atoms with van der Waals surface area (Å²) >= 11 is 0. The second kappa shape index (κ2) is 5.43. The van der Waals surface area contributed by atoms with Crippen LogP contribution in [0.25, 0.3) is 0 Å². The topological polar surface area (TPSA) is 86.7 Å². The number of amides is 1. The second-order valence-corrected chi connectivity index (χ2v) is 5.25. The third-order valence-electron chi connectivity index (χ3n) is 2.26. The third-order valence-corrected chi connectivity index (χ3v) is 3.63. The molecule has 2 rings (SSSR count). The molecule has 0 atom stereocenters. The van der Waals surface area contributed by atoms with Crippen molar-refractivity contribution >= 4 is 73.2 Å². The van der Waals surface area contributed by atoms with E-state index in [9.17, 15) is 22.7 Å². The van der Waals surface area contributed by atoms with Crippen LogP contribution < -0.4 is 9.03 Å². The number of aryl methyl sites for hydroxylation is 1. The Labute approximate surface area is 146 Å². The monoisotopic (exact) mass is 300 g/mol. The number of anilines is 1. The van der Waals surface area contributed by atoms with Crippen molar-refractivity contribution in [3.05, 3.63) is 23.5 Å². The Kier molecular flexibility index (Phi) is 4.79. The molecule has 1 aromatic carbocycles. The van der Waals surface area contributed by atoms with E-state index in [1.807, 2.05) is 0 Å². The molecular formula is C9H10FKN2O4S. The summed E-state index contributed by atoms with van der Waals surface area (Å²) in [6.45, 7) is 1.00. The molecule has 0 radical (unpaired) electrons. The van der Waals surface area contributed by atoms with E-state index in [1.54, 1.807) is 11.6 Å². The van der Waals surface area contributed by atoms with Crippen LogP contribution in [0.1, 0.15) is 5.56 Å². The number of rotatable bonds is 1. The number of hydrogen-bond donors (Lipinski definition) is 2. The Bertz CT molecular complexity index is 582. The van der Waals surface area contributed by atoms with E-state index < -0.39 is 39.9 Å². The number of hydrogen-bond acceptors (Lipinski definition) is 4. The van der Waals surface area contributed by atoms with Gasteiger partial charge in [-0.25, -0.2) is 13.4 Å². The van der Waals surface area contributed by atoms with Crippen molar-refractivity contribution in [2.45, 2.75) is 6.92 Å². The first-order chi connectivity index (χ1) is 7.81. The Morgan fingerprint density at radius 1 is 1.44 bits per heavy atom. The number of aromatic hydroxyl groups is 1. The molecule has 1 saturated heterocycles. The van der Waals surface area contributed by atoms with Gasteiger partial charge < -0.3 is 5.11 Å². The third kappa shape index (κ3) is 2.86. The zero-order chi connectivity index (χ0) is 12.8. The zero-order valence-electron chi connectivity index (χ0n) is 8.77. The van der Waals surface area contributed by atoms with Gasteiger partial charge in [0, 0.05) is 0 Å². The maximum absolute atomic E-state index is 13.6. The molecule has 94 valence electrons. The molecule has 18 heavy (non-hydrogen) atoms. The van der Waals surface area contributed by atoms with Crippen LogP contribution in [0.4, 0.5) is 10.1 Å². The van der Waals surface area contributed by atoms with Crippen LogP contribution in [0.3, 0.4) is 0 Å². The predicted molar refractivity (Wildman–Crippen MR) is 64.4 cm³/mol. The first-order valence-electron chi connectivity index (χ1n) is 4.63. The number of phenols is 1. The predicted octanol–water partition coefficient (Wildman–Crippen LogP) is -0.628. The fourth-order valence-electron chi connectivity index (χ4n) is 1.61. The van der Waals surface area contributed by atoms with Gasteiger partial charge in [0.05, 0.1) is 0 Å². The molecule has 0 aromatic heterocycles. The Morgan fingerprint density at radius 3 is 2.50 bits per heavy atom. The summed E-state index contributed by atoms with van der Waals surface area (Å²) in [6, 6.07) is 2.30. The summed E-state index contributed by atoms with van der Waals surface area (Å²) in [5.41, 5.74) is -0.0754. The van der Waals surface area contributed by atoms with Gasteiger partial charge in [0.15, 0.2) is 5.82 Å². The first-order valence-corrected chi connectivity index (χ1v) is 6.07. The van der Waals surface area contributed by atoms with Gasteiger partial charge in [-0.3, -0.25) is 4.79 Å². The van der Waals surface area contributed by atoms with Crippen molar-refractivity contribution in [3.8, 4) is 5.75 Å². The van der Waals surface area contributed by atoms with Gasteiger partial charge in [0.2, 0.25) is 0 Å². The first kappa shape index (κ1) is 15.9. The van der Waals surface area contributed by atoms with Crippen LogP contribution in [-0.2, 0) is 15.0 Å². The summed E-state index contributed by atoms with van der Waals surface area (Å²) in [7, 11) is -4.11. The Hall–Kier alpha value is -0.194. The number of nitrogens with one attached hydrogen (secondary N) is 1. The molecule has 1 heterocycles. The van der Waals surface area contributed by atoms with Gasteiger partial charge in [0.25, 0.3) is 5.91 Å². The zero-order valence-corrected chi connectivity index (χ0v) is 9.58. The van der Waals surface area contributed by atoms with Gasteiger partial charge in [-0.15, -0.1) is 0 Å². The minimum atomic E-state index is -4.11. The van der Waals surface area contributed by atoms with Gasteiger partial charge in [-0.2, -0.15) is 8.42 Å². The Balaban J connectivity index is 0.00000162. The maximum atomic E-state index is 13.6. The number of halogens is 1. The minimum absolute atomic E-state index is 0. The summed E-state index contributed by atoms with van der Waals surface area (Å²) < 4.78 is 38.8. The molecule has 0 aliphatic carbocycles. The summed E-state index contributed by atoms with van der Waals surface area (Å²) in [5, 5.41) is 9.57. The average Bonchev–Trinajstić information content (AvgIpc) is 2.37. The molecule has 1 fully saturated rings. The van der Waals surface area contributed by atoms with Crippen LogP contribution in [-0.4, -0.2) is 77.4 Å². The van der Waals surface area contributed by atoms with Crippen LogP contribution in [0.2, 0.25) is 0 Å². The number of phenolic OH excluding ortho intramolecular Hbond substituents is 1. The van der Waals surface area contributed by atoms with Crippen molar-refractivity contribution in [3.63, 3.8) is 0 Å². The molecule has 9 heteroatoms. The normalized spacial score (nSPS) is 17.2. The number of benzene rings is 1. The summed E-state index contributed by atoms with van der Waals surface area (Å²) in [6.07, 6.45) is 0. The van der Waals surface area contributed by atoms with Gasteiger partial charge in [-0.1, -0.05) is 0 Å². The molecule has 0 unspecified atom stereocenters. The molecule has 1 aromatic rings. The van der Waals surface area contributed by atoms with E-state index >= 15 is 0 Å². The van der Waals surface area contributed by atoms with E-state index in [2.05, 4.69) is 0 Å². The summed E-state index contributed by atoms with van der Waals surface area (Å²) in [5.74, 6) is -2.20. The number of carbonyl (C=O) groups excluding carboxylic acids is 1. The van der Waals surface area contributed by atoms with Gasteiger partial charge >= 0.3 is 61.6 Å². The molecule has 0 spiro atoms. The number of nitrogens with zero attached hydrogens (tertiary/aromatic N) is 1. The van der Waals surface area contributed by atoms with Crippen LogP contribution in [0.5, 0.6) is 5.75 Å². The molecule has 6 nitrogen and oxygen atoms in total. The van der Waals surface area contributed by atoms with Gasteiger partial charge in [-0.05, 0) is 24.6 Å². The molecule has 0 bridgehead atoms. The molecule has 1 amide bonds. The van der Waals surface area contributed by atoms with Crippen molar-refractivity contribution in [2.24, 2.45) is 0 Å². The summed E-state index contributed by atoms with van der Waals surface area (Å²) in [4.78, 5) is 11.0. The fourth-order valence-corrected chi connectivity index (χ4v) is 2.78. The van der Waals surface area contributed by atoms with E-state index in [-0.39, 0.29) is 51.4 Å². The molecule has 0 saturated carbocycles. The second-order valence-electron chi connectivity index (χ2n) is 3.65. The van der Waals surface area contributed by atoms with Crippen LogP contribution in [0, 0.1) is 12.7 Å². The van der Waals surface area contributed by atoms with Gasteiger partial charge in [0.1, 0.15) is 18.0 Å². The number of carbonyl (C=O) groups is 1. The van der Waals surface area contributed by atoms with Crippen molar-refractivity contribution in [2.75, 3.05) is 10.8 Å². The van der Waals surface area contributed by atoms with E-state index in [0.29, 0.717) is 9.87 Å². The molecule has 2 N–H and O–H groups in total. The fraction of sp³-hybridized carbons (Fsp3) is 0.222. The van der Waals surface area contributed by atoms with E-state index in [0.717, 1.165) is 6.07 Å². The van der Waals surface area contributed by atoms with Crippen LogP contribution in [0.15, 0.2) is 12.1 Å². The quantitative estimate of drug-likeness (QED) is 0.676. The Morgan fingerprint density at radius 2 is 2.06 bits per heavy atom. The van der Waals surface area contributed by atoms with Crippen molar-refractivity contribution < 1.29 is 22.7 Å². The van der Waals surface area contributed by atoms with Crippen molar-refractivity contribution in [1.82, 2.24) is 4.72 Å². The molecular weight excluding hydrogens is 290 g/mol. The van der Waals surface area contributed by atoms with E-state index in [1.165, 1.54) is 6.07 Å². The van der Waals surface area contributed by atoms with Crippen LogP contribution >= 0.6 is 0 Å².